The molecule has 114 valence electrons. The quantitative estimate of drug-likeness (QED) is 0.769. The third-order valence-corrected chi connectivity index (χ3v) is 5.86. The maximum atomic E-state index is 12.3. The van der Waals surface area contributed by atoms with Crippen LogP contribution in [0.25, 0.3) is 0 Å². The van der Waals surface area contributed by atoms with Crippen LogP contribution in [0.1, 0.15) is 16.3 Å². The SMILES string of the molecule is Cc1nc(CCNS(=O)(=O)c2cc(Br)cc(N)c2C)cs1. The topological polar surface area (TPSA) is 85.1 Å². The molecule has 1 heterocycles. The summed E-state index contributed by atoms with van der Waals surface area (Å²) < 4.78 is 27.9. The van der Waals surface area contributed by atoms with Crippen molar-refractivity contribution >= 4 is 43.0 Å². The van der Waals surface area contributed by atoms with Crippen molar-refractivity contribution < 1.29 is 8.42 Å². The molecule has 8 heteroatoms. The summed E-state index contributed by atoms with van der Waals surface area (Å²) in [5.74, 6) is 0. The first-order valence-corrected chi connectivity index (χ1v) is 9.41. The number of nitrogens with zero attached hydrogens (tertiary/aromatic N) is 1. The lowest BCUT2D eigenvalue weighted by Gasteiger charge is -2.11. The Morgan fingerprint density at radius 3 is 2.71 bits per heavy atom. The Bertz CT molecular complexity index is 757. The Hall–Kier alpha value is -0.960. The van der Waals surface area contributed by atoms with E-state index in [1.807, 2.05) is 12.3 Å². The number of anilines is 1. The highest BCUT2D eigenvalue weighted by Crippen LogP contribution is 2.26. The van der Waals surface area contributed by atoms with E-state index in [4.69, 9.17) is 5.73 Å². The van der Waals surface area contributed by atoms with Crippen LogP contribution >= 0.6 is 27.3 Å². The minimum atomic E-state index is -3.58. The Kier molecular flexibility index (Phi) is 5.03. The maximum Gasteiger partial charge on any atom is 0.240 e. The number of benzene rings is 1. The molecule has 21 heavy (non-hydrogen) atoms. The smallest absolute Gasteiger partial charge is 0.240 e. The monoisotopic (exact) mass is 389 g/mol. The van der Waals surface area contributed by atoms with Crippen LogP contribution in [0.3, 0.4) is 0 Å². The molecule has 0 aliphatic carbocycles. The molecule has 1 aromatic heterocycles. The van der Waals surface area contributed by atoms with E-state index in [9.17, 15) is 8.42 Å². The fraction of sp³-hybridized carbons (Fsp3) is 0.308. The van der Waals surface area contributed by atoms with Crippen molar-refractivity contribution in [2.75, 3.05) is 12.3 Å². The lowest BCUT2D eigenvalue weighted by atomic mass is 10.2. The highest BCUT2D eigenvalue weighted by atomic mass is 79.9. The molecule has 0 spiro atoms. The Morgan fingerprint density at radius 2 is 2.10 bits per heavy atom. The molecule has 0 bridgehead atoms. The molecular formula is C13H16BrN3O2S2. The van der Waals surface area contributed by atoms with Gasteiger partial charge < -0.3 is 5.73 Å². The van der Waals surface area contributed by atoms with Crippen molar-refractivity contribution in [2.45, 2.75) is 25.2 Å². The molecule has 5 nitrogen and oxygen atoms in total. The van der Waals surface area contributed by atoms with Gasteiger partial charge in [0.25, 0.3) is 0 Å². The number of aryl methyl sites for hydroxylation is 1. The Labute approximate surface area is 136 Å². The van der Waals surface area contributed by atoms with Gasteiger partial charge in [0.15, 0.2) is 0 Å². The van der Waals surface area contributed by atoms with Crippen LogP contribution in [0.4, 0.5) is 5.69 Å². The van der Waals surface area contributed by atoms with Crippen LogP contribution in [0.2, 0.25) is 0 Å². The van der Waals surface area contributed by atoms with E-state index < -0.39 is 10.0 Å². The van der Waals surface area contributed by atoms with Crippen LogP contribution < -0.4 is 10.5 Å². The second-order valence-corrected chi connectivity index (χ2v) is 8.34. The average Bonchev–Trinajstić information content (AvgIpc) is 2.79. The molecule has 3 N–H and O–H groups in total. The zero-order valence-corrected chi connectivity index (χ0v) is 14.9. The van der Waals surface area contributed by atoms with E-state index in [1.54, 1.807) is 30.4 Å². The summed E-state index contributed by atoms with van der Waals surface area (Å²) in [7, 11) is -3.58. The van der Waals surface area contributed by atoms with E-state index >= 15 is 0 Å². The van der Waals surface area contributed by atoms with Gasteiger partial charge in [-0.15, -0.1) is 11.3 Å². The van der Waals surface area contributed by atoms with Gasteiger partial charge in [-0.25, -0.2) is 18.1 Å². The number of nitrogen functional groups attached to an aromatic ring is 1. The zero-order chi connectivity index (χ0) is 15.6. The van der Waals surface area contributed by atoms with Crippen LogP contribution in [0, 0.1) is 13.8 Å². The van der Waals surface area contributed by atoms with E-state index in [0.717, 1.165) is 10.7 Å². The standard InChI is InChI=1S/C13H16BrN3O2S2/c1-8-12(15)5-10(14)6-13(8)21(18,19)16-4-3-11-7-20-9(2)17-11/h5-7,16H,3-4,15H2,1-2H3. The fourth-order valence-corrected chi connectivity index (χ4v) is 4.47. The molecule has 0 saturated carbocycles. The molecule has 0 aliphatic heterocycles. The van der Waals surface area contributed by atoms with Gasteiger partial charge in [-0.1, -0.05) is 15.9 Å². The summed E-state index contributed by atoms with van der Waals surface area (Å²) in [5.41, 5.74) is 7.70. The summed E-state index contributed by atoms with van der Waals surface area (Å²) in [4.78, 5) is 4.50. The van der Waals surface area contributed by atoms with Crippen molar-refractivity contribution in [2.24, 2.45) is 0 Å². The number of hydrogen-bond donors (Lipinski definition) is 2. The predicted molar refractivity (Wildman–Crippen MR) is 89.0 cm³/mol. The van der Waals surface area contributed by atoms with Gasteiger partial charge in [0.1, 0.15) is 0 Å². The van der Waals surface area contributed by atoms with Crippen molar-refractivity contribution in [3.05, 3.63) is 38.3 Å². The highest BCUT2D eigenvalue weighted by Gasteiger charge is 2.18. The third-order valence-electron chi connectivity index (χ3n) is 2.99. The fourth-order valence-electron chi connectivity index (χ4n) is 1.87. The Balaban J connectivity index is 2.12. The normalized spacial score (nSPS) is 11.8. The second kappa shape index (κ2) is 6.43. The first kappa shape index (κ1) is 16.4. The summed E-state index contributed by atoms with van der Waals surface area (Å²) in [6.45, 7) is 3.92. The molecule has 0 radical (unpaired) electrons. The van der Waals surface area contributed by atoms with E-state index in [-0.39, 0.29) is 4.90 Å². The van der Waals surface area contributed by atoms with Gasteiger partial charge in [0, 0.05) is 28.5 Å². The summed E-state index contributed by atoms with van der Waals surface area (Å²) in [6, 6.07) is 3.24. The van der Waals surface area contributed by atoms with Crippen molar-refractivity contribution in [3.8, 4) is 0 Å². The number of thiazole rings is 1. The van der Waals surface area contributed by atoms with Gasteiger partial charge in [0.05, 0.1) is 15.6 Å². The average molecular weight is 390 g/mol. The molecule has 0 unspecified atom stereocenters. The number of aromatic nitrogens is 1. The van der Waals surface area contributed by atoms with Crippen molar-refractivity contribution in [1.29, 1.82) is 0 Å². The number of nitrogens with one attached hydrogen (secondary N) is 1. The second-order valence-electron chi connectivity index (χ2n) is 4.62. The number of hydrogen-bond acceptors (Lipinski definition) is 5. The lowest BCUT2D eigenvalue weighted by Crippen LogP contribution is -2.27. The maximum absolute atomic E-state index is 12.3. The van der Waals surface area contributed by atoms with Crippen LogP contribution in [0.5, 0.6) is 0 Å². The molecule has 2 aromatic rings. The first-order chi connectivity index (χ1) is 9.79. The van der Waals surface area contributed by atoms with Gasteiger partial charge in [-0.3, -0.25) is 0 Å². The van der Waals surface area contributed by atoms with Crippen molar-refractivity contribution in [1.82, 2.24) is 9.71 Å². The zero-order valence-electron chi connectivity index (χ0n) is 11.7. The van der Waals surface area contributed by atoms with Gasteiger partial charge >= 0.3 is 0 Å². The molecule has 2 rings (SSSR count). The van der Waals surface area contributed by atoms with E-state index in [0.29, 0.717) is 28.7 Å². The highest BCUT2D eigenvalue weighted by molar-refractivity contribution is 9.10. The Morgan fingerprint density at radius 1 is 1.38 bits per heavy atom. The molecule has 0 fully saturated rings. The van der Waals surface area contributed by atoms with Crippen LogP contribution in [0.15, 0.2) is 26.9 Å². The largest absolute Gasteiger partial charge is 0.398 e. The summed E-state index contributed by atoms with van der Waals surface area (Å²) in [5, 5.41) is 2.91. The van der Waals surface area contributed by atoms with Gasteiger partial charge in [0.2, 0.25) is 10.0 Å². The van der Waals surface area contributed by atoms with E-state index in [1.165, 1.54) is 0 Å². The molecule has 0 atom stereocenters. The number of sulfonamides is 1. The van der Waals surface area contributed by atoms with Gasteiger partial charge in [-0.05, 0) is 31.5 Å². The first-order valence-electron chi connectivity index (χ1n) is 6.26. The lowest BCUT2D eigenvalue weighted by molar-refractivity contribution is 0.580. The van der Waals surface area contributed by atoms with Gasteiger partial charge in [-0.2, -0.15) is 0 Å². The summed E-state index contributed by atoms with van der Waals surface area (Å²) >= 11 is 4.82. The third kappa shape index (κ3) is 4.03. The minimum Gasteiger partial charge on any atom is -0.398 e. The molecule has 0 saturated heterocycles. The van der Waals surface area contributed by atoms with Crippen LogP contribution in [-0.2, 0) is 16.4 Å². The number of rotatable bonds is 5. The summed E-state index contributed by atoms with van der Waals surface area (Å²) in [6.07, 6.45) is 0.562. The number of halogens is 1. The minimum absolute atomic E-state index is 0.198. The molecular weight excluding hydrogens is 374 g/mol. The van der Waals surface area contributed by atoms with Crippen molar-refractivity contribution in [3.63, 3.8) is 0 Å². The molecule has 0 aliphatic rings. The molecule has 0 amide bonds. The predicted octanol–water partition coefficient (Wildman–Crippen LogP) is 2.63. The van der Waals surface area contributed by atoms with E-state index in [2.05, 4.69) is 25.6 Å². The van der Waals surface area contributed by atoms with Crippen LogP contribution in [-0.4, -0.2) is 19.9 Å². The molecule has 1 aromatic carbocycles. The number of nitrogens with two attached hydrogens (primary N) is 1.